The Morgan fingerprint density at radius 1 is 1.47 bits per heavy atom. The van der Waals surface area contributed by atoms with Crippen LogP contribution in [-0.4, -0.2) is 20.8 Å². The number of hydrogen-bond acceptors (Lipinski definition) is 3. The molecular weight excluding hydrogens is 238 g/mol. The molecular formula is C15H17N3O. The highest BCUT2D eigenvalue weighted by molar-refractivity contribution is 5.78. The van der Waals surface area contributed by atoms with Crippen LogP contribution in [0.4, 0.5) is 0 Å². The molecule has 0 aliphatic heterocycles. The van der Waals surface area contributed by atoms with Crippen molar-refractivity contribution in [3.8, 4) is 6.07 Å². The number of hydrogen-bond donors (Lipinski definition) is 1. The van der Waals surface area contributed by atoms with E-state index >= 15 is 0 Å². The molecule has 0 bridgehead atoms. The van der Waals surface area contributed by atoms with Gasteiger partial charge in [0.1, 0.15) is 5.82 Å². The number of aliphatic hydroxyl groups excluding tert-OH is 1. The van der Waals surface area contributed by atoms with Crippen molar-refractivity contribution in [2.45, 2.75) is 44.8 Å². The molecule has 3 rings (SSSR count). The van der Waals surface area contributed by atoms with Crippen LogP contribution in [0.5, 0.6) is 0 Å². The third-order valence-corrected chi connectivity index (χ3v) is 3.83. The van der Waals surface area contributed by atoms with Gasteiger partial charge in [0.2, 0.25) is 0 Å². The number of imidazole rings is 1. The van der Waals surface area contributed by atoms with E-state index < -0.39 is 0 Å². The average Bonchev–Trinajstić information content (AvgIpc) is 2.73. The standard InChI is InChI=1S/C15H17N3O/c1-2-5-18-14-4-3-10(9-16)6-13(14)17-15(18)11-7-12(19)8-11/h3-4,6,11-12,19H,2,5,7-8H2,1H3. The largest absolute Gasteiger partial charge is 0.393 e. The topological polar surface area (TPSA) is 61.8 Å². The summed E-state index contributed by atoms with van der Waals surface area (Å²) in [5.41, 5.74) is 2.63. The second-order valence-corrected chi connectivity index (χ2v) is 5.26. The first-order valence-electron chi connectivity index (χ1n) is 6.81. The molecule has 0 spiro atoms. The Hall–Kier alpha value is -1.86. The molecule has 1 heterocycles. The normalized spacial score (nSPS) is 22.2. The van der Waals surface area contributed by atoms with E-state index in [9.17, 15) is 5.11 Å². The van der Waals surface area contributed by atoms with Gasteiger partial charge in [0.05, 0.1) is 28.8 Å². The van der Waals surface area contributed by atoms with E-state index in [-0.39, 0.29) is 6.10 Å². The molecule has 1 saturated carbocycles. The fraction of sp³-hybridized carbons (Fsp3) is 0.467. The highest BCUT2D eigenvalue weighted by Crippen LogP contribution is 2.37. The Morgan fingerprint density at radius 3 is 2.89 bits per heavy atom. The Labute approximate surface area is 112 Å². The van der Waals surface area contributed by atoms with Crippen molar-refractivity contribution >= 4 is 11.0 Å². The molecule has 1 aromatic heterocycles. The van der Waals surface area contributed by atoms with E-state index in [0.29, 0.717) is 11.5 Å². The van der Waals surface area contributed by atoms with Crippen molar-refractivity contribution in [1.82, 2.24) is 9.55 Å². The zero-order valence-electron chi connectivity index (χ0n) is 11.0. The van der Waals surface area contributed by atoms with E-state index in [1.54, 1.807) is 0 Å². The maximum atomic E-state index is 9.48. The first-order chi connectivity index (χ1) is 9.22. The van der Waals surface area contributed by atoms with Gasteiger partial charge in [0.25, 0.3) is 0 Å². The number of aryl methyl sites for hydroxylation is 1. The summed E-state index contributed by atoms with van der Waals surface area (Å²) in [5, 5.41) is 18.4. The van der Waals surface area contributed by atoms with E-state index in [0.717, 1.165) is 42.7 Å². The minimum absolute atomic E-state index is 0.172. The SMILES string of the molecule is CCCn1c(C2CC(O)C2)nc2cc(C#N)ccc21. The first kappa shape index (κ1) is 12.2. The molecule has 0 unspecified atom stereocenters. The van der Waals surface area contributed by atoms with E-state index in [4.69, 9.17) is 10.2 Å². The third-order valence-electron chi connectivity index (χ3n) is 3.83. The van der Waals surface area contributed by atoms with E-state index in [1.165, 1.54) is 0 Å². The molecule has 0 atom stereocenters. The molecule has 98 valence electrons. The van der Waals surface area contributed by atoms with Crippen molar-refractivity contribution in [2.75, 3.05) is 0 Å². The van der Waals surface area contributed by atoms with Gasteiger partial charge in [-0.2, -0.15) is 5.26 Å². The summed E-state index contributed by atoms with van der Waals surface area (Å²) in [6.45, 7) is 3.08. The molecule has 0 amide bonds. The predicted octanol–water partition coefficient (Wildman–Crippen LogP) is 2.56. The molecule has 2 aromatic rings. The Morgan fingerprint density at radius 2 is 2.26 bits per heavy atom. The molecule has 1 N–H and O–H groups in total. The van der Waals surface area contributed by atoms with Crippen LogP contribution in [0, 0.1) is 11.3 Å². The fourth-order valence-electron chi connectivity index (χ4n) is 2.79. The van der Waals surface area contributed by atoms with Crippen LogP contribution in [0.1, 0.15) is 43.5 Å². The number of benzene rings is 1. The van der Waals surface area contributed by atoms with Gasteiger partial charge in [-0.25, -0.2) is 4.98 Å². The molecule has 4 heteroatoms. The zero-order chi connectivity index (χ0) is 13.4. The van der Waals surface area contributed by atoms with Crippen molar-refractivity contribution in [3.05, 3.63) is 29.6 Å². The predicted molar refractivity (Wildman–Crippen MR) is 72.7 cm³/mol. The van der Waals surface area contributed by atoms with Crippen molar-refractivity contribution < 1.29 is 5.11 Å². The van der Waals surface area contributed by atoms with E-state index in [2.05, 4.69) is 17.6 Å². The first-order valence-corrected chi connectivity index (χ1v) is 6.81. The van der Waals surface area contributed by atoms with Crippen LogP contribution < -0.4 is 0 Å². The lowest BCUT2D eigenvalue weighted by Crippen LogP contribution is -2.28. The van der Waals surface area contributed by atoms with Gasteiger partial charge in [-0.3, -0.25) is 0 Å². The smallest absolute Gasteiger partial charge is 0.113 e. The van der Waals surface area contributed by atoms with Gasteiger partial charge in [-0.05, 0) is 37.5 Å². The van der Waals surface area contributed by atoms with Gasteiger partial charge in [-0.1, -0.05) is 6.92 Å². The van der Waals surface area contributed by atoms with Gasteiger partial charge in [0, 0.05) is 12.5 Å². The number of aromatic nitrogens is 2. The summed E-state index contributed by atoms with van der Waals surface area (Å²) in [5.74, 6) is 1.43. The van der Waals surface area contributed by atoms with Crippen molar-refractivity contribution in [3.63, 3.8) is 0 Å². The quantitative estimate of drug-likeness (QED) is 0.916. The maximum Gasteiger partial charge on any atom is 0.113 e. The lowest BCUT2D eigenvalue weighted by atomic mass is 9.82. The van der Waals surface area contributed by atoms with Gasteiger partial charge >= 0.3 is 0 Å². The van der Waals surface area contributed by atoms with Crippen LogP contribution in [-0.2, 0) is 6.54 Å². The lowest BCUT2D eigenvalue weighted by molar-refractivity contribution is 0.0705. The van der Waals surface area contributed by atoms with Crippen LogP contribution in [0.25, 0.3) is 11.0 Å². The zero-order valence-corrected chi connectivity index (χ0v) is 11.0. The molecule has 1 aromatic carbocycles. The molecule has 0 radical (unpaired) electrons. The molecule has 19 heavy (non-hydrogen) atoms. The second kappa shape index (κ2) is 4.67. The van der Waals surface area contributed by atoms with Crippen molar-refractivity contribution in [2.24, 2.45) is 0 Å². The number of aliphatic hydroxyl groups is 1. The minimum atomic E-state index is -0.172. The molecule has 1 fully saturated rings. The van der Waals surface area contributed by atoms with Crippen LogP contribution in [0.3, 0.4) is 0 Å². The molecule has 0 saturated heterocycles. The monoisotopic (exact) mass is 255 g/mol. The van der Waals surface area contributed by atoms with Gasteiger partial charge in [0.15, 0.2) is 0 Å². The average molecular weight is 255 g/mol. The number of fused-ring (bicyclic) bond motifs is 1. The van der Waals surface area contributed by atoms with Gasteiger partial charge in [-0.15, -0.1) is 0 Å². The maximum absolute atomic E-state index is 9.48. The fourth-order valence-corrected chi connectivity index (χ4v) is 2.79. The van der Waals surface area contributed by atoms with Crippen LogP contribution in [0.2, 0.25) is 0 Å². The molecule has 1 aliphatic carbocycles. The van der Waals surface area contributed by atoms with Crippen LogP contribution >= 0.6 is 0 Å². The van der Waals surface area contributed by atoms with Crippen molar-refractivity contribution in [1.29, 1.82) is 5.26 Å². The Balaban J connectivity index is 2.09. The number of rotatable bonds is 3. The summed E-state index contributed by atoms with van der Waals surface area (Å²) in [6.07, 6.45) is 2.49. The Bertz CT molecular complexity index is 647. The highest BCUT2D eigenvalue weighted by atomic mass is 16.3. The summed E-state index contributed by atoms with van der Waals surface area (Å²) in [6, 6.07) is 7.83. The number of nitrogens with zero attached hydrogens (tertiary/aromatic N) is 3. The molecule has 1 aliphatic rings. The van der Waals surface area contributed by atoms with Crippen LogP contribution in [0.15, 0.2) is 18.2 Å². The number of nitriles is 1. The minimum Gasteiger partial charge on any atom is -0.393 e. The van der Waals surface area contributed by atoms with E-state index in [1.807, 2.05) is 18.2 Å². The summed E-state index contributed by atoms with van der Waals surface area (Å²) < 4.78 is 2.24. The third kappa shape index (κ3) is 2.00. The highest BCUT2D eigenvalue weighted by Gasteiger charge is 2.32. The summed E-state index contributed by atoms with van der Waals surface area (Å²) >= 11 is 0. The lowest BCUT2D eigenvalue weighted by Gasteiger charge is -2.31. The Kier molecular flexibility index (Phi) is 3.00. The second-order valence-electron chi connectivity index (χ2n) is 5.26. The summed E-state index contributed by atoms with van der Waals surface area (Å²) in [4.78, 5) is 4.70. The summed E-state index contributed by atoms with van der Waals surface area (Å²) in [7, 11) is 0. The molecule has 4 nitrogen and oxygen atoms in total. The van der Waals surface area contributed by atoms with Gasteiger partial charge < -0.3 is 9.67 Å².